The van der Waals surface area contributed by atoms with E-state index in [0.29, 0.717) is 11.3 Å². The summed E-state index contributed by atoms with van der Waals surface area (Å²) in [7, 11) is 0. The number of para-hydroxylation sites is 2. The number of carbonyl (C=O) groups is 5. The highest BCUT2D eigenvalue weighted by atomic mass is 19.4. The minimum atomic E-state index is -5.08. The lowest BCUT2D eigenvalue weighted by molar-refractivity contribution is -0.193. The number of alkyl halides is 6. The molecule has 0 aliphatic carbocycles. The topological polar surface area (TPSA) is 236 Å². The lowest BCUT2D eigenvalue weighted by atomic mass is 9.91. The number of aromatic hydroxyl groups is 1. The average molecular weight is 784 g/mol. The fraction of sp³-hybridized carbons (Fsp3) is 0.314. The zero-order valence-corrected chi connectivity index (χ0v) is 28.9. The van der Waals surface area contributed by atoms with Crippen LogP contribution in [0.2, 0.25) is 0 Å². The number of hydrogen-bond donors (Lipinski definition) is 7. The van der Waals surface area contributed by atoms with Crippen molar-refractivity contribution >= 4 is 40.8 Å². The number of carbonyl (C=O) groups excluding carboxylic acids is 2. The van der Waals surface area contributed by atoms with Gasteiger partial charge in [0.25, 0.3) is 0 Å². The predicted octanol–water partition coefficient (Wildman–Crippen LogP) is 4.31. The van der Waals surface area contributed by atoms with E-state index in [4.69, 9.17) is 25.5 Å². The number of aryl methyl sites for hydroxylation is 2. The third-order valence-corrected chi connectivity index (χ3v) is 8.17. The van der Waals surface area contributed by atoms with Crippen LogP contribution in [-0.2, 0) is 43.4 Å². The van der Waals surface area contributed by atoms with Crippen LogP contribution in [0.3, 0.4) is 0 Å². The molecule has 55 heavy (non-hydrogen) atoms. The molecule has 4 aromatic rings. The third kappa shape index (κ3) is 11.9. The van der Waals surface area contributed by atoms with Crippen LogP contribution in [0, 0.1) is 13.8 Å². The van der Waals surface area contributed by atoms with Crippen LogP contribution in [0.5, 0.6) is 5.75 Å². The maximum atomic E-state index is 13.8. The number of carboxylic acid groups (broad SMARTS) is 3. The first kappa shape index (κ1) is 43.2. The van der Waals surface area contributed by atoms with E-state index < -0.39 is 54.3 Å². The molecule has 1 aromatic heterocycles. The Hall–Kier alpha value is -6.18. The molecule has 0 radical (unpaired) electrons. The van der Waals surface area contributed by atoms with Gasteiger partial charge in [0, 0.05) is 13.0 Å². The van der Waals surface area contributed by atoms with Crippen molar-refractivity contribution in [3.05, 3.63) is 94.3 Å². The van der Waals surface area contributed by atoms with Crippen LogP contribution in [0.25, 0.3) is 11.0 Å². The Bertz CT molecular complexity index is 1970. The van der Waals surface area contributed by atoms with E-state index in [1.165, 1.54) is 4.90 Å². The second-order valence-electron chi connectivity index (χ2n) is 12.2. The molecule has 3 aromatic carbocycles. The molecule has 296 valence electrons. The molecule has 0 spiro atoms. The lowest BCUT2D eigenvalue weighted by Gasteiger charge is -2.38. The zero-order valence-electron chi connectivity index (χ0n) is 28.9. The predicted molar refractivity (Wildman–Crippen MR) is 180 cm³/mol. The van der Waals surface area contributed by atoms with Crippen molar-refractivity contribution < 1.29 is 70.7 Å². The molecule has 2 amide bonds. The highest BCUT2D eigenvalue weighted by molar-refractivity contribution is 5.91. The summed E-state index contributed by atoms with van der Waals surface area (Å²) in [5, 5.41) is 36.6. The van der Waals surface area contributed by atoms with Crippen LogP contribution in [-0.4, -0.2) is 89.5 Å². The second-order valence-corrected chi connectivity index (χ2v) is 12.2. The maximum absolute atomic E-state index is 13.8. The van der Waals surface area contributed by atoms with E-state index in [-0.39, 0.29) is 37.5 Å². The van der Waals surface area contributed by atoms with Gasteiger partial charge in [0.1, 0.15) is 17.6 Å². The number of aromatic nitrogens is 2. The number of benzene rings is 3. The minimum Gasteiger partial charge on any atom is -0.508 e. The molecule has 20 heteroatoms. The van der Waals surface area contributed by atoms with Gasteiger partial charge in [-0.05, 0) is 72.4 Å². The molecule has 0 saturated heterocycles. The van der Waals surface area contributed by atoms with Crippen LogP contribution >= 0.6 is 0 Å². The highest BCUT2D eigenvalue weighted by Gasteiger charge is 2.40. The van der Waals surface area contributed by atoms with Crippen LogP contribution in [0.1, 0.15) is 46.1 Å². The summed E-state index contributed by atoms with van der Waals surface area (Å²) in [6, 6.07) is 15.4. The van der Waals surface area contributed by atoms with Gasteiger partial charge in [-0.15, -0.1) is 0 Å². The molecule has 8 N–H and O–H groups in total. The molecular formula is C35H35F6N5O9. The number of aliphatic carboxylic acids is 3. The Morgan fingerprint density at radius 2 is 1.40 bits per heavy atom. The van der Waals surface area contributed by atoms with Crippen molar-refractivity contribution in [2.24, 2.45) is 5.73 Å². The van der Waals surface area contributed by atoms with E-state index in [0.717, 1.165) is 33.3 Å². The van der Waals surface area contributed by atoms with Gasteiger partial charge in [0.15, 0.2) is 0 Å². The molecule has 0 fully saturated rings. The molecule has 0 bridgehead atoms. The number of phenolic OH excluding ortho intramolecular Hbond substituents is 1. The van der Waals surface area contributed by atoms with Gasteiger partial charge in [0.05, 0.1) is 29.5 Å². The van der Waals surface area contributed by atoms with Crippen LogP contribution in [0.15, 0.2) is 60.7 Å². The molecule has 0 unspecified atom stereocenters. The van der Waals surface area contributed by atoms with Crippen molar-refractivity contribution in [2.45, 2.75) is 70.1 Å². The number of amides is 2. The number of nitrogens with two attached hydrogens (primary N) is 1. The largest absolute Gasteiger partial charge is 0.508 e. The van der Waals surface area contributed by atoms with Gasteiger partial charge >= 0.3 is 30.3 Å². The van der Waals surface area contributed by atoms with Gasteiger partial charge in [0.2, 0.25) is 11.8 Å². The fourth-order valence-electron chi connectivity index (χ4n) is 5.60. The van der Waals surface area contributed by atoms with E-state index in [9.17, 15) is 50.9 Å². The third-order valence-electron chi connectivity index (χ3n) is 8.17. The molecular weight excluding hydrogens is 748 g/mol. The number of nitrogens with one attached hydrogen (secondary N) is 2. The monoisotopic (exact) mass is 783 g/mol. The summed E-state index contributed by atoms with van der Waals surface area (Å²) in [4.78, 5) is 66.3. The minimum absolute atomic E-state index is 0.147. The highest BCUT2D eigenvalue weighted by Crippen LogP contribution is 2.28. The molecule has 5 rings (SSSR count). The summed E-state index contributed by atoms with van der Waals surface area (Å²) >= 11 is 0. The molecule has 0 saturated carbocycles. The van der Waals surface area contributed by atoms with E-state index in [1.54, 1.807) is 18.2 Å². The zero-order chi connectivity index (χ0) is 41.4. The Kier molecular flexibility index (Phi) is 14.0. The number of hydrogen-bond acceptors (Lipinski definition) is 8. The lowest BCUT2D eigenvalue weighted by Crippen LogP contribution is -2.57. The van der Waals surface area contributed by atoms with Crippen molar-refractivity contribution in [3.63, 3.8) is 0 Å². The van der Waals surface area contributed by atoms with Crippen molar-refractivity contribution in [1.29, 1.82) is 0 Å². The number of halogens is 6. The maximum Gasteiger partial charge on any atom is 0.490 e. The first-order valence-corrected chi connectivity index (χ1v) is 16.0. The number of phenols is 1. The summed E-state index contributed by atoms with van der Waals surface area (Å²) in [6.45, 7) is 3.91. The van der Waals surface area contributed by atoms with Crippen LogP contribution < -0.4 is 11.1 Å². The van der Waals surface area contributed by atoms with E-state index in [1.807, 2.05) is 56.3 Å². The normalized spacial score (nSPS) is 14.9. The SMILES string of the molecule is Cc1cc(O)cc(C)c1C[C@H](N)C(=O)N1Cc2ccccc2C[C@H]1C(=O)N[C@H](CC(=O)O)c1nc2ccccc2[nH]1.O=C(O)C(F)(F)F.O=C(O)C(F)(F)F. The Morgan fingerprint density at radius 1 is 0.891 bits per heavy atom. The second kappa shape index (κ2) is 17.8. The number of fused-ring (bicyclic) bond motifs is 2. The van der Waals surface area contributed by atoms with Crippen molar-refractivity contribution in [2.75, 3.05) is 0 Å². The summed E-state index contributed by atoms with van der Waals surface area (Å²) in [6.07, 6.45) is -10.1. The summed E-state index contributed by atoms with van der Waals surface area (Å²) in [5.41, 5.74) is 12.2. The van der Waals surface area contributed by atoms with Gasteiger partial charge in [-0.1, -0.05) is 36.4 Å². The fourth-order valence-corrected chi connectivity index (χ4v) is 5.60. The van der Waals surface area contributed by atoms with E-state index in [2.05, 4.69) is 15.3 Å². The first-order chi connectivity index (χ1) is 25.5. The van der Waals surface area contributed by atoms with Gasteiger partial charge in [-0.25, -0.2) is 14.6 Å². The smallest absolute Gasteiger partial charge is 0.490 e. The van der Waals surface area contributed by atoms with Gasteiger partial charge in [-0.3, -0.25) is 14.4 Å². The summed E-state index contributed by atoms with van der Waals surface area (Å²) < 4.78 is 63.5. The number of carboxylic acids is 3. The quantitative estimate of drug-likeness (QED) is 0.124. The first-order valence-electron chi connectivity index (χ1n) is 16.0. The number of H-pyrrole nitrogens is 1. The Labute approximate surface area is 307 Å². The molecule has 3 atom stereocenters. The van der Waals surface area contributed by atoms with Gasteiger partial charge < -0.3 is 41.4 Å². The number of aromatic amines is 1. The summed E-state index contributed by atoms with van der Waals surface area (Å²) in [5.74, 6) is -7.01. The van der Waals surface area contributed by atoms with Gasteiger partial charge in [-0.2, -0.15) is 26.3 Å². The average Bonchev–Trinajstić information content (AvgIpc) is 3.52. The van der Waals surface area contributed by atoms with Crippen molar-refractivity contribution in [1.82, 2.24) is 20.2 Å². The standard InChI is InChI=1S/C31H33N5O5.2C2HF3O2/c1-17-11-21(37)12-18(2)22(17)14-23(32)31(41)36-16-20-8-4-3-7-19(20)13-27(36)30(40)35-26(15-28(38)39)29-33-24-9-5-6-10-25(24)34-29;2*3-2(4,5)1(6)7/h3-12,23,26-27,37H,13-16,32H2,1-2H3,(H,33,34)(H,35,40)(H,38,39);2*(H,6,7)/t23-,26+,27-;;/m0../s1. The number of nitrogens with zero attached hydrogens (tertiary/aromatic N) is 2. The number of imidazole rings is 1. The Balaban J connectivity index is 0.000000494. The number of rotatable bonds is 8. The molecule has 1 aliphatic rings. The van der Waals surface area contributed by atoms with Crippen molar-refractivity contribution in [3.8, 4) is 5.75 Å². The molecule has 2 heterocycles. The van der Waals surface area contributed by atoms with E-state index >= 15 is 0 Å². The molecule has 1 aliphatic heterocycles. The molecule has 14 nitrogen and oxygen atoms in total. The Morgan fingerprint density at radius 3 is 1.91 bits per heavy atom. The van der Waals surface area contributed by atoms with Crippen LogP contribution in [0.4, 0.5) is 26.3 Å².